The van der Waals surface area contributed by atoms with Crippen molar-refractivity contribution in [3.05, 3.63) is 45.7 Å². The number of nitrogens with two attached hydrogens (primary N) is 1. The van der Waals surface area contributed by atoms with Crippen molar-refractivity contribution in [2.24, 2.45) is 5.73 Å². The van der Waals surface area contributed by atoms with Crippen molar-refractivity contribution in [1.29, 1.82) is 0 Å². The molecule has 0 saturated carbocycles. The Morgan fingerprint density at radius 1 is 1.33 bits per heavy atom. The Hall–Kier alpha value is -1.00. The number of aryl methyl sites for hydroxylation is 2. The summed E-state index contributed by atoms with van der Waals surface area (Å²) >= 11 is 3.32. The number of hydrogen-bond donors (Lipinski definition) is 1. The molecule has 0 amide bonds. The first-order valence-electron chi connectivity index (χ1n) is 4.65. The fourth-order valence-corrected chi connectivity index (χ4v) is 2.14. The van der Waals surface area contributed by atoms with E-state index < -0.39 is 0 Å². The summed E-state index contributed by atoms with van der Waals surface area (Å²) in [7, 11) is 0. The molecule has 0 fully saturated rings. The van der Waals surface area contributed by atoms with E-state index in [9.17, 15) is 0 Å². The molecule has 1 unspecified atom stereocenters. The first kappa shape index (κ1) is 10.5. The Labute approximate surface area is 96.4 Å². The molecule has 3 nitrogen and oxygen atoms in total. The standard InChI is InChI=1S/C11H12BrNO2/c1-6-5-9(7(2)15-6)10(13)8-3-4-14-11(8)12/h3-5,10H,13H2,1-2H3. The maximum Gasteiger partial charge on any atom is 0.174 e. The highest BCUT2D eigenvalue weighted by Gasteiger charge is 2.18. The summed E-state index contributed by atoms with van der Waals surface area (Å²) in [5.41, 5.74) is 8.05. The lowest BCUT2D eigenvalue weighted by Gasteiger charge is -2.08. The van der Waals surface area contributed by atoms with E-state index in [0.717, 1.165) is 22.6 Å². The Kier molecular flexibility index (Phi) is 2.71. The number of halogens is 1. The summed E-state index contributed by atoms with van der Waals surface area (Å²) in [5, 5.41) is 0. The van der Waals surface area contributed by atoms with Crippen molar-refractivity contribution in [1.82, 2.24) is 0 Å². The third-order valence-corrected chi connectivity index (χ3v) is 3.04. The van der Waals surface area contributed by atoms with Crippen molar-refractivity contribution in [3.8, 4) is 0 Å². The van der Waals surface area contributed by atoms with Gasteiger partial charge in [-0.3, -0.25) is 0 Å². The van der Waals surface area contributed by atoms with Crippen LogP contribution in [0.15, 0.2) is 31.9 Å². The van der Waals surface area contributed by atoms with Crippen LogP contribution >= 0.6 is 15.9 Å². The van der Waals surface area contributed by atoms with Crippen LogP contribution in [0.3, 0.4) is 0 Å². The van der Waals surface area contributed by atoms with Crippen molar-refractivity contribution < 1.29 is 8.83 Å². The SMILES string of the molecule is Cc1cc(C(N)c2ccoc2Br)c(C)o1. The zero-order valence-corrected chi connectivity index (χ0v) is 10.2. The van der Waals surface area contributed by atoms with Crippen LogP contribution in [0.2, 0.25) is 0 Å². The Bertz CT molecular complexity index is 473. The van der Waals surface area contributed by atoms with Crippen molar-refractivity contribution in [2.75, 3.05) is 0 Å². The molecule has 15 heavy (non-hydrogen) atoms. The third-order valence-electron chi connectivity index (χ3n) is 2.40. The average molecular weight is 270 g/mol. The van der Waals surface area contributed by atoms with Gasteiger partial charge < -0.3 is 14.6 Å². The van der Waals surface area contributed by atoms with Gasteiger partial charge in [0.1, 0.15) is 11.5 Å². The summed E-state index contributed by atoms with van der Waals surface area (Å²) in [6.07, 6.45) is 1.61. The molecule has 2 aromatic rings. The lowest BCUT2D eigenvalue weighted by molar-refractivity contribution is 0.499. The van der Waals surface area contributed by atoms with Gasteiger partial charge in [-0.2, -0.15) is 0 Å². The van der Waals surface area contributed by atoms with E-state index in [-0.39, 0.29) is 6.04 Å². The summed E-state index contributed by atoms with van der Waals surface area (Å²) < 4.78 is 11.3. The first-order chi connectivity index (χ1) is 7.09. The van der Waals surface area contributed by atoms with E-state index in [1.54, 1.807) is 6.26 Å². The highest BCUT2D eigenvalue weighted by molar-refractivity contribution is 9.10. The molecule has 2 N–H and O–H groups in total. The second-order valence-corrected chi connectivity index (χ2v) is 4.22. The zero-order valence-electron chi connectivity index (χ0n) is 8.58. The highest BCUT2D eigenvalue weighted by atomic mass is 79.9. The number of hydrogen-bond acceptors (Lipinski definition) is 3. The van der Waals surface area contributed by atoms with E-state index in [1.165, 1.54) is 0 Å². The number of rotatable bonds is 2. The molecule has 0 bridgehead atoms. The third kappa shape index (κ3) is 1.87. The van der Waals surface area contributed by atoms with Gasteiger partial charge in [0.15, 0.2) is 4.67 Å². The van der Waals surface area contributed by atoms with E-state index >= 15 is 0 Å². The van der Waals surface area contributed by atoms with Gasteiger partial charge in [-0.25, -0.2) is 0 Å². The summed E-state index contributed by atoms with van der Waals surface area (Å²) in [4.78, 5) is 0. The minimum Gasteiger partial charge on any atom is -0.466 e. The molecule has 2 aromatic heterocycles. The summed E-state index contributed by atoms with van der Waals surface area (Å²) in [5.74, 6) is 1.73. The summed E-state index contributed by atoms with van der Waals surface area (Å²) in [6, 6.07) is 3.60. The Morgan fingerprint density at radius 3 is 2.53 bits per heavy atom. The monoisotopic (exact) mass is 269 g/mol. The Balaban J connectivity index is 2.40. The molecule has 0 aliphatic carbocycles. The minimum atomic E-state index is -0.212. The van der Waals surface area contributed by atoms with Crippen LogP contribution in [-0.2, 0) is 0 Å². The largest absolute Gasteiger partial charge is 0.466 e. The molecule has 0 aliphatic heterocycles. The van der Waals surface area contributed by atoms with Crippen molar-refractivity contribution in [3.63, 3.8) is 0 Å². The van der Waals surface area contributed by atoms with Gasteiger partial charge in [-0.05, 0) is 41.9 Å². The number of furan rings is 2. The fourth-order valence-electron chi connectivity index (χ4n) is 1.65. The van der Waals surface area contributed by atoms with Crippen LogP contribution in [0.4, 0.5) is 0 Å². The second-order valence-electron chi connectivity index (χ2n) is 3.50. The van der Waals surface area contributed by atoms with Crippen LogP contribution < -0.4 is 5.73 Å². The van der Waals surface area contributed by atoms with E-state index in [4.69, 9.17) is 14.6 Å². The molecule has 0 spiro atoms. The summed E-state index contributed by atoms with van der Waals surface area (Å²) in [6.45, 7) is 3.82. The van der Waals surface area contributed by atoms with Crippen LogP contribution in [0.25, 0.3) is 0 Å². The zero-order chi connectivity index (χ0) is 11.0. The van der Waals surface area contributed by atoms with E-state index in [1.807, 2.05) is 26.0 Å². The quantitative estimate of drug-likeness (QED) is 0.910. The van der Waals surface area contributed by atoms with Gasteiger partial charge >= 0.3 is 0 Å². The predicted octanol–water partition coefficient (Wildman–Crippen LogP) is 3.30. The van der Waals surface area contributed by atoms with Gasteiger partial charge in [0.25, 0.3) is 0 Å². The topological polar surface area (TPSA) is 52.3 Å². The molecule has 4 heteroatoms. The lowest BCUT2D eigenvalue weighted by atomic mass is 10.0. The molecule has 0 saturated heterocycles. The molecular weight excluding hydrogens is 258 g/mol. The molecule has 2 rings (SSSR count). The molecule has 80 valence electrons. The molecule has 0 aliphatic rings. The average Bonchev–Trinajstić information content (AvgIpc) is 2.71. The Morgan fingerprint density at radius 2 is 2.07 bits per heavy atom. The normalized spacial score (nSPS) is 13.1. The molecule has 2 heterocycles. The fraction of sp³-hybridized carbons (Fsp3) is 0.273. The van der Waals surface area contributed by atoms with Crippen LogP contribution in [0.5, 0.6) is 0 Å². The van der Waals surface area contributed by atoms with Crippen molar-refractivity contribution in [2.45, 2.75) is 19.9 Å². The van der Waals surface area contributed by atoms with Crippen LogP contribution in [0.1, 0.15) is 28.7 Å². The van der Waals surface area contributed by atoms with Gasteiger partial charge in [0.2, 0.25) is 0 Å². The van der Waals surface area contributed by atoms with Gasteiger partial charge in [-0.1, -0.05) is 0 Å². The highest BCUT2D eigenvalue weighted by Crippen LogP contribution is 2.30. The maximum atomic E-state index is 6.13. The van der Waals surface area contributed by atoms with Gasteiger partial charge in [0.05, 0.1) is 12.3 Å². The van der Waals surface area contributed by atoms with Gasteiger partial charge in [0, 0.05) is 11.1 Å². The van der Waals surface area contributed by atoms with Crippen molar-refractivity contribution >= 4 is 15.9 Å². The molecular formula is C11H12BrNO2. The minimum absolute atomic E-state index is 0.212. The van der Waals surface area contributed by atoms with E-state index in [0.29, 0.717) is 4.67 Å². The van der Waals surface area contributed by atoms with Crippen LogP contribution in [0, 0.1) is 13.8 Å². The van der Waals surface area contributed by atoms with Crippen LogP contribution in [-0.4, -0.2) is 0 Å². The lowest BCUT2D eigenvalue weighted by Crippen LogP contribution is -2.11. The first-order valence-corrected chi connectivity index (χ1v) is 5.44. The maximum absolute atomic E-state index is 6.13. The molecule has 0 aromatic carbocycles. The van der Waals surface area contributed by atoms with E-state index in [2.05, 4.69) is 15.9 Å². The predicted molar refractivity (Wildman–Crippen MR) is 60.6 cm³/mol. The second kappa shape index (κ2) is 3.87. The smallest absolute Gasteiger partial charge is 0.174 e. The molecule has 0 radical (unpaired) electrons. The molecule has 1 atom stereocenters. The van der Waals surface area contributed by atoms with Gasteiger partial charge in [-0.15, -0.1) is 0 Å².